The van der Waals surface area contributed by atoms with Gasteiger partial charge in [0.05, 0.1) is 27.8 Å². The molecule has 0 radical (unpaired) electrons. The zero-order valence-corrected chi connectivity index (χ0v) is 14.7. The smallest absolute Gasteiger partial charge is 0.280 e. The van der Waals surface area contributed by atoms with Gasteiger partial charge < -0.3 is 5.32 Å². The summed E-state index contributed by atoms with van der Waals surface area (Å²) < 4.78 is 0. The maximum Gasteiger partial charge on any atom is 0.280 e. The Balaban J connectivity index is 1.81. The van der Waals surface area contributed by atoms with Crippen LogP contribution in [0.25, 0.3) is 21.8 Å². The van der Waals surface area contributed by atoms with E-state index in [1.165, 1.54) is 0 Å². The molecule has 2 aromatic heterocycles. The fourth-order valence-electron chi connectivity index (χ4n) is 2.88. The van der Waals surface area contributed by atoms with E-state index >= 15 is 0 Å². The van der Waals surface area contributed by atoms with E-state index in [4.69, 9.17) is 0 Å². The van der Waals surface area contributed by atoms with Gasteiger partial charge in [-0.2, -0.15) is 4.98 Å². The number of fused-ring (bicyclic) bond motifs is 2. The van der Waals surface area contributed by atoms with Crippen molar-refractivity contribution in [2.75, 3.05) is 5.32 Å². The lowest BCUT2D eigenvalue weighted by Crippen LogP contribution is -2.05. The van der Waals surface area contributed by atoms with Crippen LogP contribution in [-0.2, 0) is 0 Å². The van der Waals surface area contributed by atoms with E-state index in [-0.39, 0.29) is 11.5 Å². The number of hydrogen-bond donors (Lipinski definition) is 1. The van der Waals surface area contributed by atoms with Gasteiger partial charge in [0, 0.05) is 16.8 Å². The highest BCUT2D eigenvalue weighted by atomic mass is 16.1. The highest BCUT2D eigenvalue weighted by Gasteiger charge is 2.07. The molecule has 0 aliphatic rings. The summed E-state index contributed by atoms with van der Waals surface area (Å²) in [7, 11) is 0. The highest BCUT2D eigenvalue weighted by Crippen LogP contribution is 2.20. The molecule has 0 saturated carbocycles. The van der Waals surface area contributed by atoms with Crippen LogP contribution in [0.3, 0.4) is 0 Å². The second-order valence-corrected chi connectivity index (χ2v) is 6.21. The topological polar surface area (TPSA) is 80.7 Å². The van der Waals surface area contributed by atoms with Gasteiger partial charge >= 0.3 is 0 Å². The van der Waals surface area contributed by atoms with Gasteiger partial charge in [-0.1, -0.05) is 18.2 Å². The Labute approximate surface area is 150 Å². The fourth-order valence-corrected chi connectivity index (χ4v) is 2.88. The van der Waals surface area contributed by atoms with E-state index in [9.17, 15) is 4.79 Å². The minimum absolute atomic E-state index is 0.264. The maximum absolute atomic E-state index is 12.4. The summed E-state index contributed by atoms with van der Waals surface area (Å²) in [6, 6.07) is 13.0. The van der Waals surface area contributed by atoms with Gasteiger partial charge in [-0.25, -0.2) is 15.0 Å². The van der Waals surface area contributed by atoms with Crippen LogP contribution in [0.5, 0.6) is 0 Å². The SMILES string of the molecule is Cc1nc2ccc(Nc3nc(C)c4ccccc4c(=O)n3)cc2nc1C. The van der Waals surface area contributed by atoms with Crippen molar-refractivity contribution in [2.45, 2.75) is 20.8 Å². The Hall–Kier alpha value is -3.41. The summed E-state index contributed by atoms with van der Waals surface area (Å²) in [5.74, 6) is 0.264. The number of aromatic nitrogens is 4. The van der Waals surface area contributed by atoms with E-state index < -0.39 is 0 Å². The molecular weight excluding hydrogens is 326 g/mol. The van der Waals surface area contributed by atoms with Crippen molar-refractivity contribution in [3.05, 3.63) is 69.9 Å². The second-order valence-electron chi connectivity index (χ2n) is 6.21. The van der Waals surface area contributed by atoms with E-state index in [2.05, 4.69) is 25.3 Å². The van der Waals surface area contributed by atoms with Gasteiger partial charge in [-0.15, -0.1) is 0 Å². The molecule has 4 aromatic rings. The van der Waals surface area contributed by atoms with Crippen LogP contribution in [0.1, 0.15) is 17.1 Å². The molecule has 26 heavy (non-hydrogen) atoms. The zero-order valence-electron chi connectivity index (χ0n) is 14.7. The van der Waals surface area contributed by atoms with Gasteiger partial charge in [0.2, 0.25) is 5.95 Å². The molecule has 6 nitrogen and oxygen atoms in total. The van der Waals surface area contributed by atoms with Gasteiger partial charge in [-0.05, 0) is 45.0 Å². The van der Waals surface area contributed by atoms with Crippen LogP contribution in [-0.4, -0.2) is 19.9 Å². The summed E-state index contributed by atoms with van der Waals surface area (Å²) in [5, 5.41) is 4.47. The fraction of sp³-hybridized carbons (Fsp3) is 0.150. The molecule has 1 N–H and O–H groups in total. The molecule has 0 aliphatic heterocycles. The van der Waals surface area contributed by atoms with Crippen molar-refractivity contribution >= 4 is 33.4 Å². The van der Waals surface area contributed by atoms with Crippen molar-refractivity contribution in [1.82, 2.24) is 19.9 Å². The van der Waals surface area contributed by atoms with Crippen molar-refractivity contribution < 1.29 is 0 Å². The lowest BCUT2D eigenvalue weighted by molar-refractivity contribution is 1.10. The van der Waals surface area contributed by atoms with Gasteiger partial charge in [-0.3, -0.25) is 4.79 Å². The summed E-state index contributed by atoms with van der Waals surface area (Å²) in [6.45, 7) is 5.74. The number of nitrogens with one attached hydrogen (secondary N) is 1. The molecule has 0 fully saturated rings. The Morgan fingerprint density at radius 1 is 0.731 bits per heavy atom. The summed E-state index contributed by atoms with van der Waals surface area (Å²) in [5.41, 5.74) is 4.59. The Kier molecular flexibility index (Phi) is 3.80. The number of hydrogen-bond acceptors (Lipinski definition) is 6. The Bertz CT molecular complexity index is 1220. The van der Waals surface area contributed by atoms with Crippen LogP contribution in [0.2, 0.25) is 0 Å². The monoisotopic (exact) mass is 343 g/mol. The zero-order chi connectivity index (χ0) is 18.3. The lowest BCUT2D eigenvalue weighted by Gasteiger charge is -2.06. The Morgan fingerprint density at radius 2 is 1.42 bits per heavy atom. The minimum Gasteiger partial charge on any atom is -0.324 e. The normalized spacial score (nSPS) is 11.0. The Morgan fingerprint density at radius 3 is 2.19 bits per heavy atom. The quantitative estimate of drug-likeness (QED) is 0.599. The molecule has 2 heterocycles. The van der Waals surface area contributed by atoms with Crippen LogP contribution >= 0.6 is 0 Å². The van der Waals surface area contributed by atoms with Crippen LogP contribution in [0, 0.1) is 20.8 Å². The molecule has 0 bridgehead atoms. The van der Waals surface area contributed by atoms with E-state index in [1.807, 2.05) is 57.2 Å². The average molecular weight is 343 g/mol. The van der Waals surface area contributed by atoms with Crippen LogP contribution in [0.15, 0.2) is 47.3 Å². The number of anilines is 2. The highest BCUT2D eigenvalue weighted by molar-refractivity contribution is 5.84. The van der Waals surface area contributed by atoms with E-state index in [1.54, 1.807) is 6.07 Å². The predicted octanol–water partition coefficient (Wildman–Crippen LogP) is 3.60. The first-order valence-corrected chi connectivity index (χ1v) is 8.31. The standard InChI is InChI=1S/C20H17N5O/c1-11-12(2)22-18-10-14(8-9-17(18)21-11)24-20-23-13(3)15-6-4-5-7-16(15)19(26)25-20/h4-10H,1-3H3,(H,24,25,26). The third-order valence-corrected chi connectivity index (χ3v) is 4.36. The van der Waals surface area contributed by atoms with Crippen molar-refractivity contribution in [3.8, 4) is 0 Å². The largest absolute Gasteiger partial charge is 0.324 e. The number of benzene rings is 2. The molecule has 0 saturated heterocycles. The molecule has 4 rings (SSSR count). The summed E-state index contributed by atoms with van der Waals surface area (Å²) >= 11 is 0. The van der Waals surface area contributed by atoms with Crippen LogP contribution in [0.4, 0.5) is 11.6 Å². The molecule has 0 spiro atoms. The first-order valence-electron chi connectivity index (χ1n) is 8.31. The lowest BCUT2D eigenvalue weighted by atomic mass is 10.1. The number of aryl methyl sites for hydroxylation is 3. The molecule has 2 aromatic carbocycles. The average Bonchev–Trinajstić information content (AvgIpc) is 2.73. The predicted molar refractivity (Wildman–Crippen MR) is 103 cm³/mol. The van der Waals surface area contributed by atoms with Gasteiger partial charge in [0.1, 0.15) is 0 Å². The number of rotatable bonds is 2. The third kappa shape index (κ3) is 2.86. The van der Waals surface area contributed by atoms with E-state index in [0.717, 1.165) is 39.2 Å². The third-order valence-electron chi connectivity index (χ3n) is 4.36. The van der Waals surface area contributed by atoms with Crippen LogP contribution < -0.4 is 10.9 Å². The summed E-state index contributed by atoms with van der Waals surface area (Å²) in [4.78, 5) is 30.1. The van der Waals surface area contributed by atoms with Crippen molar-refractivity contribution in [2.24, 2.45) is 0 Å². The molecule has 128 valence electrons. The van der Waals surface area contributed by atoms with Gasteiger partial charge in [0.25, 0.3) is 5.56 Å². The molecular formula is C20H17N5O. The first-order chi connectivity index (χ1) is 12.5. The van der Waals surface area contributed by atoms with Crippen molar-refractivity contribution in [1.29, 1.82) is 0 Å². The maximum atomic E-state index is 12.4. The molecule has 0 aliphatic carbocycles. The minimum atomic E-state index is -0.309. The molecule has 0 amide bonds. The first kappa shape index (κ1) is 16.1. The molecule has 0 unspecified atom stereocenters. The van der Waals surface area contributed by atoms with Gasteiger partial charge in [0.15, 0.2) is 0 Å². The second kappa shape index (κ2) is 6.15. The molecule has 0 atom stereocenters. The van der Waals surface area contributed by atoms with E-state index in [0.29, 0.717) is 5.39 Å². The molecule has 6 heteroatoms. The van der Waals surface area contributed by atoms with Crippen molar-refractivity contribution in [3.63, 3.8) is 0 Å². The summed E-state index contributed by atoms with van der Waals surface area (Å²) in [6.07, 6.45) is 0. The number of nitrogens with zero attached hydrogens (tertiary/aromatic N) is 4.